The predicted octanol–water partition coefficient (Wildman–Crippen LogP) is 0.516. The summed E-state index contributed by atoms with van der Waals surface area (Å²) in [6.45, 7) is 3.67. The summed E-state index contributed by atoms with van der Waals surface area (Å²) in [4.78, 5) is 3.90. The number of hydrogen-bond acceptors (Lipinski definition) is 3. The molecule has 0 amide bonds. The predicted molar refractivity (Wildman–Crippen MR) is 40.6 cm³/mol. The van der Waals surface area contributed by atoms with Crippen molar-refractivity contribution in [3.8, 4) is 0 Å². The molecule has 1 aromatic rings. The van der Waals surface area contributed by atoms with Crippen LogP contribution in [0.2, 0.25) is 0 Å². The van der Waals surface area contributed by atoms with E-state index in [9.17, 15) is 0 Å². The molecule has 3 N–H and O–H groups in total. The minimum absolute atomic E-state index is 0.674. The number of hydrazine groups is 1. The van der Waals surface area contributed by atoms with Gasteiger partial charge in [-0.05, 0) is 12.1 Å². The average Bonchev–Trinajstić information content (AvgIpc) is 2.05. The van der Waals surface area contributed by atoms with E-state index in [-0.39, 0.29) is 0 Å². The first kappa shape index (κ1) is 6.77. The summed E-state index contributed by atoms with van der Waals surface area (Å²) in [7, 11) is 0. The second kappa shape index (κ2) is 2.98. The number of pyridine rings is 1. The van der Waals surface area contributed by atoms with Crippen LogP contribution in [0.4, 0.5) is 0 Å². The van der Waals surface area contributed by atoms with Gasteiger partial charge in [0, 0.05) is 18.0 Å². The van der Waals surface area contributed by atoms with Crippen molar-refractivity contribution < 1.29 is 0 Å². The van der Waals surface area contributed by atoms with Gasteiger partial charge in [-0.15, -0.1) is 0 Å². The van der Waals surface area contributed by atoms with E-state index < -0.39 is 0 Å². The van der Waals surface area contributed by atoms with E-state index in [2.05, 4.69) is 17.0 Å². The molecule has 1 aromatic heterocycles. The lowest BCUT2D eigenvalue weighted by Gasteiger charge is -2.01. The van der Waals surface area contributed by atoms with Gasteiger partial charge in [-0.3, -0.25) is 10.8 Å². The summed E-state index contributed by atoms with van der Waals surface area (Å²) < 4.78 is 0. The van der Waals surface area contributed by atoms with Gasteiger partial charge in [0.1, 0.15) is 0 Å². The van der Waals surface area contributed by atoms with Crippen LogP contribution >= 0.6 is 0 Å². The summed E-state index contributed by atoms with van der Waals surface area (Å²) in [6.07, 6.45) is 3.40. The molecule has 0 spiro atoms. The second-order valence-corrected chi connectivity index (χ2v) is 1.86. The van der Waals surface area contributed by atoms with Crippen LogP contribution in [0.15, 0.2) is 31.1 Å². The zero-order chi connectivity index (χ0) is 7.40. The highest BCUT2D eigenvalue weighted by atomic mass is 15.2. The molecule has 0 aliphatic rings. The SMILES string of the molecule is C=C(NN)c1cccnc1. The van der Waals surface area contributed by atoms with Gasteiger partial charge in [-0.1, -0.05) is 6.58 Å². The molecule has 0 bridgehead atoms. The highest BCUT2D eigenvalue weighted by Crippen LogP contribution is 2.03. The third kappa shape index (κ3) is 1.33. The molecule has 0 aliphatic heterocycles. The van der Waals surface area contributed by atoms with Gasteiger partial charge in [0.05, 0.1) is 5.70 Å². The molecule has 3 heteroatoms. The maximum atomic E-state index is 5.13. The lowest BCUT2D eigenvalue weighted by atomic mass is 10.2. The van der Waals surface area contributed by atoms with Crippen LogP contribution in [0, 0.1) is 0 Å². The number of nitrogens with zero attached hydrogens (tertiary/aromatic N) is 1. The van der Waals surface area contributed by atoms with Crippen LogP contribution in [-0.2, 0) is 0 Å². The Morgan fingerprint density at radius 3 is 3.00 bits per heavy atom. The Kier molecular flexibility index (Phi) is 2.02. The van der Waals surface area contributed by atoms with Crippen LogP contribution in [0.1, 0.15) is 5.56 Å². The largest absolute Gasteiger partial charge is 0.324 e. The molecule has 0 unspecified atom stereocenters. The topological polar surface area (TPSA) is 50.9 Å². The summed E-state index contributed by atoms with van der Waals surface area (Å²) in [5.41, 5.74) is 4.03. The standard InChI is InChI=1S/C7H9N3/c1-6(10-8)7-3-2-4-9-5-7/h2-5,10H,1,8H2. The Balaban J connectivity index is 2.85. The van der Waals surface area contributed by atoms with Gasteiger partial charge in [-0.2, -0.15) is 0 Å². The molecule has 1 heterocycles. The zero-order valence-corrected chi connectivity index (χ0v) is 5.54. The molecule has 10 heavy (non-hydrogen) atoms. The molecule has 0 atom stereocenters. The van der Waals surface area contributed by atoms with Crippen LogP contribution in [0.3, 0.4) is 0 Å². The van der Waals surface area contributed by atoms with Crippen LogP contribution in [0.25, 0.3) is 5.70 Å². The quantitative estimate of drug-likeness (QED) is 0.459. The van der Waals surface area contributed by atoms with Gasteiger partial charge in [0.15, 0.2) is 0 Å². The maximum Gasteiger partial charge on any atom is 0.0501 e. The average molecular weight is 135 g/mol. The Morgan fingerprint density at radius 2 is 2.50 bits per heavy atom. The van der Waals surface area contributed by atoms with Gasteiger partial charge >= 0.3 is 0 Å². The van der Waals surface area contributed by atoms with Crippen LogP contribution in [-0.4, -0.2) is 4.98 Å². The minimum atomic E-state index is 0.674. The van der Waals surface area contributed by atoms with Crippen molar-refractivity contribution in [3.63, 3.8) is 0 Å². The monoisotopic (exact) mass is 135 g/mol. The smallest absolute Gasteiger partial charge is 0.0501 e. The van der Waals surface area contributed by atoms with Crippen molar-refractivity contribution in [1.29, 1.82) is 0 Å². The van der Waals surface area contributed by atoms with Crippen molar-refractivity contribution in [1.82, 2.24) is 10.4 Å². The second-order valence-electron chi connectivity index (χ2n) is 1.86. The molecule has 0 saturated carbocycles. The summed E-state index contributed by atoms with van der Waals surface area (Å²) >= 11 is 0. The molecular formula is C7H9N3. The highest BCUT2D eigenvalue weighted by Gasteiger charge is 1.92. The normalized spacial score (nSPS) is 8.90. The van der Waals surface area contributed by atoms with Crippen LogP contribution < -0.4 is 11.3 Å². The van der Waals surface area contributed by atoms with Gasteiger partial charge in [0.25, 0.3) is 0 Å². The van der Waals surface area contributed by atoms with Gasteiger partial charge in [-0.25, -0.2) is 0 Å². The van der Waals surface area contributed by atoms with Crippen molar-refractivity contribution in [2.24, 2.45) is 5.84 Å². The molecule has 52 valence electrons. The first-order valence-electron chi connectivity index (χ1n) is 2.90. The number of aromatic nitrogens is 1. The van der Waals surface area contributed by atoms with Gasteiger partial charge in [0.2, 0.25) is 0 Å². The Morgan fingerprint density at radius 1 is 1.70 bits per heavy atom. The molecule has 0 saturated heterocycles. The molecule has 0 fully saturated rings. The zero-order valence-electron chi connectivity index (χ0n) is 5.54. The minimum Gasteiger partial charge on any atom is -0.324 e. The third-order valence-electron chi connectivity index (χ3n) is 1.18. The first-order valence-corrected chi connectivity index (χ1v) is 2.90. The molecular weight excluding hydrogens is 126 g/mol. The van der Waals surface area contributed by atoms with Crippen molar-refractivity contribution in [2.75, 3.05) is 0 Å². The Labute approximate surface area is 59.6 Å². The van der Waals surface area contributed by atoms with E-state index in [0.717, 1.165) is 5.56 Å². The van der Waals surface area contributed by atoms with Gasteiger partial charge < -0.3 is 5.43 Å². The Bertz CT molecular complexity index is 218. The van der Waals surface area contributed by atoms with E-state index in [1.807, 2.05) is 12.1 Å². The fourth-order valence-corrected chi connectivity index (χ4v) is 0.625. The number of nitrogens with two attached hydrogens (primary N) is 1. The van der Waals surface area contributed by atoms with E-state index in [0.29, 0.717) is 5.70 Å². The van der Waals surface area contributed by atoms with Crippen LogP contribution in [0.5, 0.6) is 0 Å². The lowest BCUT2D eigenvalue weighted by molar-refractivity contribution is 0.992. The van der Waals surface area contributed by atoms with E-state index >= 15 is 0 Å². The third-order valence-corrected chi connectivity index (χ3v) is 1.18. The van der Waals surface area contributed by atoms with Crippen molar-refractivity contribution in [2.45, 2.75) is 0 Å². The van der Waals surface area contributed by atoms with E-state index in [1.54, 1.807) is 12.4 Å². The molecule has 0 radical (unpaired) electrons. The van der Waals surface area contributed by atoms with Crippen molar-refractivity contribution in [3.05, 3.63) is 36.7 Å². The number of nitrogens with one attached hydrogen (secondary N) is 1. The first-order chi connectivity index (χ1) is 4.84. The molecule has 0 aromatic carbocycles. The van der Waals surface area contributed by atoms with E-state index in [1.165, 1.54) is 0 Å². The molecule has 0 aliphatic carbocycles. The highest BCUT2D eigenvalue weighted by molar-refractivity contribution is 5.59. The van der Waals surface area contributed by atoms with Crippen molar-refractivity contribution >= 4 is 5.70 Å². The molecule has 1 rings (SSSR count). The lowest BCUT2D eigenvalue weighted by Crippen LogP contribution is -2.18. The van der Waals surface area contributed by atoms with E-state index in [4.69, 9.17) is 5.84 Å². The summed E-state index contributed by atoms with van der Waals surface area (Å²) in [5, 5.41) is 0. The number of hydrogen-bond donors (Lipinski definition) is 2. The molecule has 3 nitrogen and oxygen atoms in total. The summed E-state index contributed by atoms with van der Waals surface area (Å²) in [6, 6.07) is 3.72. The maximum absolute atomic E-state index is 5.13. The Hall–Kier alpha value is -1.35. The fourth-order valence-electron chi connectivity index (χ4n) is 0.625. The number of rotatable bonds is 2. The summed E-state index contributed by atoms with van der Waals surface area (Å²) in [5.74, 6) is 5.13. The fraction of sp³-hybridized carbons (Fsp3) is 0.